The van der Waals surface area contributed by atoms with Gasteiger partial charge in [-0.1, -0.05) is 0 Å². The number of halogens is 1. The molecule has 0 heterocycles. The van der Waals surface area contributed by atoms with E-state index in [-0.39, 0.29) is 0 Å². The van der Waals surface area contributed by atoms with E-state index in [4.69, 9.17) is 11.0 Å². The lowest BCUT2D eigenvalue weighted by atomic mass is 10.1. The number of nitrogen functional groups attached to an aromatic ring is 1. The minimum atomic E-state index is 0.545. The van der Waals surface area contributed by atoms with Crippen molar-refractivity contribution in [2.24, 2.45) is 0 Å². The smallest absolute Gasteiger partial charge is 0.101 e. The summed E-state index contributed by atoms with van der Waals surface area (Å²) in [6.07, 6.45) is 0. The number of hydrogen-bond acceptors (Lipinski definition) is 3. The third kappa shape index (κ3) is 2.88. The molecule has 84 valence electrons. The van der Waals surface area contributed by atoms with Crippen molar-refractivity contribution in [2.45, 2.75) is 0 Å². The second-order valence-electron chi connectivity index (χ2n) is 3.55. The fourth-order valence-corrected chi connectivity index (χ4v) is 1.81. The van der Waals surface area contributed by atoms with Crippen molar-refractivity contribution >= 4 is 39.7 Å². The molecule has 17 heavy (non-hydrogen) atoms. The molecular formula is C13H10IN3. The van der Waals surface area contributed by atoms with E-state index in [1.165, 1.54) is 3.57 Å². The summed E-state index contributed by atoms with van der Waals surface area (Å²) in [4.78, 5) is 0. The van der Waals surface area contributed by atoms with Crippen LogP contribution in [0.4, 0.5) is 17.1 Å². The molecule has 0 aliphatic carbocycles. The van der Waals surface area contributed by atoms with E-state index >= 15 is 0 Å². The average molecular weight is 335 g/mol. The highest BCUT2D eigenvalue weighted by molar-refractivity contribution is 14.1. The van der Waals surface area contributed by atoms with Crippen LogP contribution in [0.25, 0.3) is 0 Å². The van der Waals surface area contributed by atoms with Gasteiger partial charge in [-0.25, -0.2) is 0 Å². The summed E-state index contributed by atoms with van der Waals surface area (Å²) in [5.74, 6) is 0. The maximum Gasteiger partial charge on any atom is 0.101 e. The van der Waals surface area contributed by atoms with Crippen LogP contribution < -0.4 is 11.1 Å². The molecule has 0 amide bonds. The minimum Gasteiger partial charge on any atom is -0.399 e. The lowest BCUT2D eigenvalue weighted by Gasteiger charge is -2.08. The van der Waals surface area contributed by atoms with E-state index < -0.39 is 0 Å². The van der Waals surface area contributed by atoms with Crippen LogP contribution in [-0.4, -0.2) is 0 Å². The topological polar surface area (TPSA) is 61.8 Å². The maximum atomic E-state index is 9.02. The van der Waals surface area contributed by atoms with Crippen molar-refractivity contribution in [3.05, 3.63) is 51.6 Å². The predicted octanol–water partition coefficient (Wildman–Crippen LogP) is 3.49. The molecule has 0 spiro atoms. The molecular weight excluding hydrogens is 325 g/mol. The maximum absolute atomic E-state index is 9.02. The van der Waals surface area contributed by atoms with Crippen molar-refractivity contribution in [3.8, 4) is 6.07 Å². The van der Waals surface area contributed by atoms with E-state index in [2.05, 4.69) is 34.0 Å². The van der Waals surface area contributed by atoms with E-state index in [0.29, 0.717) is 11.3 Å². The van der Waals surface area contributed by atoms with Crippen LogP contribution >= 0.6 is 22.6 Å². The molecule has 0 atom stereocenters. The van der Waals surface area contributed by atoms with Gasteiger partial charge in [0.1, 0.15) is 6.07 Å². The zero-order valence-corrected chi connectivity index (χ0v) is 11.1. The fourth-order valence-electron chi connectivity index (χ4n) is 1.45. The largest absolute Gasteiger partial charge is 0.399 e. The molecule has 0 saturated heterocycles. The van der Waals surface area contributed by atoms with Gasteiger partial charge in [0.2, 0.25) is 0 Å². The van der Waals surface area contributed by atoms with Crippen LogP contribution in [0.5, 0.6) is 0 Å². The van der Waals surface area contributed by atoms with Crippen LogP contribution in [-0.2, 0) is 0 Å². The first kappa shape index (κ1) is 11.7. The Kier molecular flexibility index (Phi) is 3.49. The number of hydrogen-bond donors (Lipinski definition) is 2. The number of benzene rings is 2. The predicted molar refractivity (Wildman–Crippen MR) is 78.0 cm³/mol. The molecule has 0 saturated carbocycles. The molecule has 0 bridgehead atoms. The standard InChI is InChI=1S/C13H10IN3/c14-10-1-4-12(5-2-10)17-13-6-3-11(16)7-9(13)8-15/h1-7,17H,16H2. The monoisotopic (exact) mass is 335 g/mol. The quantitative estimate of drug-likeness (QED) is 0.652. The van der Waals surface area contributed by atoms with Crippen molar-refractivity contribution in [1.29, 1.82) is 5.26 Å². The zero-order chi connectivity index (χ0) is 12.3. The Labute approximate surface area is 113 Å². The normalized spacial score (nSPS) is 9.65. The van der Waals surface area contributed by atoms with E-state index in [0.717, 1.165) is 11.4 Å². The van der Waals surface area contributed by atoms with E-state index in [1.807, 2.05) is 30.3 Å². The number of nitrogens with one attached hydrogen (secondary N) is 1. The first-order valence-electron chi connectivity index (χ1n) is 5.01. The summed E-state index contributed by atoms with van der Waals surface area (Å²) in [6, 6.07) is 15.3. The Hall–Kier alpha value is -1.74. The summed E-state index contributed by atoms with van der Waals surface area (Å²) in [6.45, 7) is 0. The lowest BCUT2D eigenvalue weighted by Crippen LogP contribution is -1.95. The van der Waals surface area contributed by atoms with Gasteiger partial charge in [-0.15, -0.1) is 0 Å². The molecule has 2 rings (SSSR count). The fraction of sp³-hybridized carbons (Fsp3) is 0. The Morgan fingerprint density at radius 3 is 2.47 bits per heavy atom. The molecule has 0 aliphatic rings. The minimum absolute atomic E-state index is 0.545. The van der Waals surface area contributed by atoms with Gasteiger partial charge in [-0.2, -0.15) is 5.26 Å². The van der Waals surface area contributed by atoms with Crippen LogP contribution in [0.3, 0.4) is 0 Å². The van der Waals surface area contributed by atoms with Gasteiger partial charge in [0, 0.05) is 14.9 Å². The zero-order valence-electron chi connectivity index (χ0n) is 8.94. The second kappa shape index (κ2) is 5.06. The highest BCUT2D eigenvalue weighted by atomic mass is 127. The summed E-state index contributed by atoms with van der Waals surface area (Å²) in [5, 5.41) is 12.2. The second-order valence-corrected chi connectivity index (χ2v) is 4.79. The first-order chi connectivity index (χ1) is 8.19. The summed E-state index contributed by atoms with van der Waals surface area (Å²) < 4.78 is 1.17. The van der Waals surface area contributed by atoms with E-state index in [9.17, 15) is 0 Å². The lowest BCUT2D eigenvalue weighted by molar-refractivity contribution is 1.46. The molecule has 0 aromatic heterocycles. The molecule has 2 aromatic carbocycles. The number of nitriles is 1. The number of nitrogens with zero attached hydrogens (tertiary/aromatic N) is 1. The molecule has 4 heteroatoms. The SMILES string of the molecule is N#Cc1cc(N)ccc1Nc1ccc(I)cc1. The Morgan fingerprint density at radius 1 is 1.12 bits per heavy atom. The van der Waals surface area contributed by atoms with Crippen LogP contribution in [0.1, 0.15) is 5.56 Å². The summed E-state index contributed by atoms with van der Waals surface area (Å²) in [5.41, 5.74) is 8.49. The Balaban J connectivity index is 2.30. The Morgan fingerprint density at radius 2 is 1.82 bits per heavy atom. The molecule has 0 unspecified atom stereocenters. The van der Waals surface area contributed by atoms with Gasteiger partial charge in [0.15, 0.2) is 0 Å². The number of anilines is 3. The van der Waals surface area contributed by atoms with Crippen LogP contribution in [0.2, 0.25) is 0 Å². The first-order valence-corrected chi connectivity index (χ1v) is 6.09. The molecule has 2 aromatic rings. The molecule has 0 fully saturated rings. The Bertz CT molecular complexity index is 570. The number of rotatable bonds is 2. The van der Waals surface area contributed by atoms with Gasteiger partial charge in [0.25, 0.3) is 0 Å². The van der Waals surface area contributed by atoms with Crippen molar-refractivity contribution in [2.75, 3.05) is 11.1 Å². The van der Waals surface area contributed by atoms with Gasteiger partial charge in [0.05, 0.1) is 11.3 Å². The van der Waals surface area contributed by atoms with Gasteiger partial charge >= 0.3 is 0 Å². The van der Waals surface area contributed by atoms with Crippen LogP contribution in [0, 0.1) is 14.9 Å². The highest BCUT2D eigenvalue weighted by Crippen LogP contribution is 2.23. The van der Waals surface area contributed by atoms with Crippen molar-refractivity contribution < 1.29 is 0 Å². The molecule has 0 radical (unpaired) electrons. The van der Waals surface area contributed by atoms with Gasteiger partial charge in [-0.05, 0) is 65.1 Å². The van der Waals surface area contributed by atoms with Crippen LogP contribution in [0.15, 0.2) is 42.5 Å². The number of nitrogens with two attached hydrogens (primary N) is 1. The van der Waals surface area contributed by atoms with Gasteiger partial charge in [-0.3, -0.25) is 0 Å². The molecule has 0 aliphatic heterocycles. The average Bonchev–Trinajstić information content (AvgIpc) is 2.34. The van der Waals surface area contributed by atoms with Gasteiger partial charge < -0.3 is 11.1 Å². The third-order valence-electron chi connectivity index (χ3n) is 2.29. The summed E-state index contributed by atoms with van der Waals surface area (Å²) in [7, 11) is 0. The van der Waals surface area contributed by atoms with Crippen molar-refractivity contribution in [1.82, 2.24) is 0 Å². The van der Waals surface area contributed by atoms with E-state index in [1.54, 1.807) is 12.1 Å². The molecule has 3 N–H and O–H groups in total. The third-order valence-corrected chi connectivity index (χ3v) is 3.01. The molecule has 3 nitrogen and oxygen atoms in total. The van der Waals surface area contributed by atoms with Crippen molar-refractivity contribution in [3.63, 3.8) is 0 Å². The summed E-state index contributed by atoms with van der Waals surface area (Å²) >= 11 is 2.25. The highest BCUT2D eigenvalue weighted by Gasteiger charge is 2.02.